The van der Waals surface area contributed by atoms with E-state index in [2.05, 4.69) is 23.5 Å². The number of hydrogen-bond acceptors (Lipinski definition) is 5. The number of halogens is 2. The van der Waals surface area contributed by atoms with Gasteiger partial charge in [-0.05, 0) is 51.0 Å². The molecule has 2 aromatic heterocycles. The fourth-order valence-electron chi connectivity index (χ4n) is 3.23. The number of aromatic nitrogens is 2. The molecular weight excluding hydrogens is 399 g/mol. The molecule has 0 aromatic carbocycles. The van der Waals surface area contributed by atoms with E-state index in [4.69, 9.17) is 32.7 Å². The molecule has 0 amide bonds. The molecule has 148 valence electrons. The van der Waals surface area contributed by atoms with Crippen LogP contribution >= 0.6 is 23.2 Å². The highest BCUT2D eigenvalue weighted by Gasteiger charge is 2.42. The van der Waals surface area contributed by atoms with Gasteiger partial charge >= 0.3 is 5.97 Å². The summed E-state index contributed by atoms with van der Waals surface area (Å²) in [5.41, 5.74) is 2.07. The molecule has 0 saturated heterocycles. The fraction of sp³-hybridized carbons (Fsp3) is 0.381. The molecule has 0 spiro atoms. The Bertz CT molecular complexity index is 885. The van der Waals surface area contributed by atoms with E-state index < -0.39 is 5.60 Å². The number of nitrogens with zero attached hydrogens (tertiary/aromatic N) is 2. The highest BCUT2D eigenvalue weighted by Crippen LogP contribution is 2.43. The van der Waals surface area contributed by atoms with Crippen LogP contribution in [0.5, 0.6) is 0 Å². The molecule has 28 heavy (non-hydrogen) atoms. The summed E-state index contributed by atoms with van der Waals surface area (Å²) < 4.78 is 11.0. The number of carbonyl (C=O) groups is 1. The molecule has 0 fully saturated rings. The number of esters is 1. The van der Waals surface area contributed by atoms with Crippen molar-refractivity contribution in [2.45, 2.75) is 51.7 Å². The Morgan fingerprint density at radius 3 is 1.89 bits per heavy atom. The molecule has 0 N–H and O–H groups in total. The van der Waals surface area contributed by atoms with E-state index in [1.54, 1.807) is 18.2 Å². The summed E-state index contributed by atoms with van der Waals surface area (Å²) in [7, 11) is 0. The van der Waals surface area contributed by atoms with Gasteiger partial charge in [-0.1, -0.05) is 43.6 Å². The summed E-state index contributed by atoms with van der Waals surface area (Å²) in [5, 5.41) is 0.892. The van der Waals surface area contributed by atoms with Gasteiger partial charge < -0.3 is 9.47 Å². The second-order valence-corrected chi connectivity index (χ2v) is 7.92. The first-order chi connectivity index (χ1) is 13.1. The molecule has 4 rings (SSSR count). The zero-order valence-electron chi connectivity index (χ0n) is 16.3. The van der Waals surface area contributed by atoms with Crippen LogP contribution in [-0.4, -0.2) is 15.9 Å². The Kier molecular flexibility index (Phi) is 5.43. The zero-order valence-corrected chi connectivity index (χ0v) is 17.8. The van der Waals surface area contributed by atoms with Crippen molar-refractivity contribution in [2.75, 3.05) is 0 Å². The van der Waals surface area contributed by atoms with E-state index in [1.165, 1.54) is 0 Å². The van der Waals surface area contributed by atoms with E-state index >= 15 is 0 Å². The standard InChI is InChI=1S/C11H12ClNO.C10H10ClNO2/c1-4-11(3)10-8(7(2)14-11)5-6-9(12)13-10;1-3-10(2)8-6(9(13)14-10)4-5-7(11)12-8/h5-6H,2,4H2,1,3H3;4-5H,3H2,1-2H3/t11-;10-/m10/s1. The van der Waals surface area contributed by atoms with Gasteiger partial charge in [0.25, 0.3) is 0 Å². The molecule has 0 bridgehead atoms. The maximum Gasteiger partial charge on any atom is 0.341 e. The molecule has 0 aliphatic carbocycles. The molecule has 4 heterocycles. The Morgan fingerprint density at radius 1 is 0.893 bits per heavy atom. The van der Waals surface area contributed by atoms with Crippen LogP contribution in [0.4, 0.5) is 0 Å². The highest BCUT2D eigenvalue weighted by atomic mass is 35.5. The first kappa shape index (κ1) is 20.6. The molecule has 2 atom stereocenters. The molecular formula is C21H22Cl2N2O3. The monoisotopic (exact) mass is 420 g/mol. The lowest BCUT2D eigenvalue weighted by molar-refractivity contribution is -0.00223. The maximum absolute atomic E-state index is 11.4. The number of fused-ring (bicyclic) bond motifs is 2. The van der Waals surface area contributed by atoms with Crippen molar-refractivity contribution in [2.24, 2.45) is 0 Å². The average Bonchev–Trinajstić information content (AvgIpc) is 3.06. The number of rotatable bonds is 2. The third kappa shape index (κ3) is 3.49. The summed E-state index contributed by atoms with van der Waals surface area (Å²) >= 11 is 11.6. The molecule has 0 unspecified atom stereocenters. The summed E-state index contributed by atoms with van der Waals surface area (Å²) in [5.74, 6) is 0.377. The number of pyridine rings is 2. The van der Waals surface area contributed by atoms with Crippen LogP contribution in [0.15, 0.2) is 30.8 Å². The van der Waals surface area contributed by atoms with Crippen LogP contribution in [0, 0.1) is 0 Å². The first-order valence-corrected chi connectivity index (χ1v) is 9.85. The molecule has 2 aliphatic heterocycles. The second kappa shape index (κ2) is 7.37. The van der Waals surface area contributed by atoms with Crippen LogP contribution in [0.3, 0.4) is 0 Å². The van der Waals surface area contributed by atoms with E-state index in [0.717, 1.165) is 17.7 Å². The highest BCUT2D eigenvalue weighted by molar-refractivity contribution is 6.29. The third-order valence-electron chi connectivity index (χ3n) is 5.26. The van der Waals surface area contributed by atoms with Crippen molar-refractivity contribution in [3.05, 3.63) is 63.7 Å². The van der Waals surface area contributed by atoms with Crippen LogP contribution in [0.1, 0.15) is 67.8 Å². The minimum Gasteiger partial charge on any atom is -0.481 e. The van der Waals surface area contributed by atoms with Crippen molar-refractivity contribution in [1.29, 1.82) is 0 Å². The molecule has 0 radical (unpaired) electrons. The van der Waals surface area contributed by atoms with Gasteiger partial charge in [-0.3, -0.25) is 0 Å². The van der Waals surface area contributed by atoms with Gasteiger partial charge in [-0.25, -0.2) is 14.8 Å². The topological polar surface area (TPSA) is 61.3 Å². The van der Waals surface area contributed by atoms with Gasteiger partial charge in [-0.2, -0.15) is 0 Å². The second-order valence-electron chi connectivity index (χ2n) is 7.14. The summed E-state index contributed by atoms with van der Waals surface area (Å²) in [6.07, 6.45) is 1.55. The van der Waals surface area contributed by atoms with Gasteiger partial charge in [0.1, 0.15) is 27.4 Å². The van der Waals surface area contributed by atoms with Crippen molar-refractivity contribution in [3.63, 3.8) is 0 Å². The van der Waals surface area contributed by atoms with E-state index in [0.29, 0.717) is 33.7 Å². The van der Waals surface area contributed by atoms with Crippen molar-refractivity contribution in [3.8, 4) is 0 Å². The van der Waals surface area contributed by atoms with Crippen LogP contribution in [0.25, 0.3) is 5.76 Å². The SMILES string of the molecule is C=C1O[C@](C)(CC)c2nc(Cl)ccc21.CC[C@]1(C)OC(=O)c2ccc(Cl)nc21. The molecule has 7 heteroatoms. The fourth-order valence-corrected chi connectivity index (χ4v) is 3.52. The summed E-state index contributed by atoms with van der Waals surface area (Å²) in [6, 6.07) is 6.93. The van der Waals surface area contributed by atoms with Gasteiger partial charge in [0.05, 0.1) is 11.3 Å². The maximum atomic E-state index is 11.4. The zero-order chi connectivity index (χ0) is 20.7. The van der Waals surface area contributed by atoms with Crippen molar-refractivity contribution in [1.82, 2.24) is 9.97 Å². The lowest BCUT2D eigenvalue weighted by Crippen LogP contribution is -2.21. The van der Waals surface area contributed by atoms with Crippen LogP contribution in [-0.2, 0) is 20.7 Å². The Hall–Kier alpha value is -2.11. The Morgan fingerprint density at radius 2 is 1.36 bits per heavy atom. The smallest absolute Gasteiger partial charge is 0.341 e. The normalized spacial score (nSPS) is 24.6. The Labute approximate surface area is 174 Å². The van der Waals surface area contributed by atoms with Gasteiger partial charge in [-0.15, -0.1) is 0 Å². The minimum atomic E-state index is -0.614. The third-order valence-corrected chi connectivity index (χ3v) is 5.68. The molecule has 5 nitrogen and oxygen atoms in total. The van der Waals surface area contributed by atoms with Crippen molar-refractivity contribution >= 4 is 34.9 Å². The Balaban J connectivity index is 0.000000161. The summed E-state index contributed by atoms with van der Waals surface area (Å²) in [4.78, 5) is 19.9. The van der Waals surface area contributed by atoms with E-state index in [-0.39, 0.29) is 11.6 Å². The van der Waals surface area contributed by atoms with E-state index in [9.17, 15) is 4.79 Å². The lowest BCUT2D eigenvalue weighted by Gasteiger charge is -2.21. The molecule has 2 aliphatic rings. The van der Waals surface area contributed by atoms with Gasteiger partial charge in [0.2, 0.25) is 0 Å². The van der Waals surface area contributed by atoms with Gasteiger partial charge in [0.15, 0.2) is 5.60 Å². The van der Waals surface area contributed by atoms with Crippen molar-refractivity contribution < 1.29 is 14.3 Å². The van der Waals surface area contributed by atoms with E-state index in [1.807, 2.05) is 26.8 Å². The molecule has 2 aromatic rings. The largest absolute Gasteiger partial charge is 0.481 e. The first-order valence-electron chi connectivity index (χ1n) is 9.09. The molecule has 0 saturated carbocycles. The average molecular weight is 421 g/mol. The number of cyclic esters (lactones) is 1. The van der Waals surface area contributed by atoms with Gasteiger partial charge in [0, 0.05) is 5.56 Å². The predicted molar refractivity (Wildman–Crippen MR) is 109 cm³/mol. The number of ether oxygens (including phenoxy) is 2. The number of hydrogen-bond donors (Lipinski definition) is 0. The van der Waals surface area contributed by atoms with Crippen LogP contribution < -0.4 is 0 Å². The van der Waals surface area contributed by atoms with Crippen LogP contribution in [0.2, 0.25) is 10.3 Å². The summed E-state index contributed by atoms with van der Waals surface area (Å²) in [6.45, 7) is 11.7. The quantitative estimate of drug-likeness (QED) is 0.447. The lowest BCUT2D eigenvalue weighted by atomic mass is 9.97. The minimum absolute atomic E-state index is 0.312. The number of carbonyl (C=O) groups excluding carboxylic acids is 1. The predicted octanol–water partition coefficient (Wildman–Crippen LogP) is 5.89.